The van der Waals surface area contributed by atoms with Gasteiger partial charge in [-0.05, 0) is 72.7 Å². The molecular formula is C27H28F2N4O. The first-order valence-electron chi connectivity index (χ1n) is 11.8. The number of carbonyl (C=O) groups excluding carboxylic acids is 1. The van der Waals surface area contributed by atoms with Gasteiger partial charge in [0, 0.05) is 29.4 Å². The molecule has 0 spiro atoms. The third kappa shape index (κ3) is 4.66. The number of nitrogens with two attached hydrogens (primary N) is 1. The number of nitrogens with zero attached hydrogens (tertiary/aromatic N) is 2. The number of benzene rings is 2. The van der Waals surface area contributed by atoms with E-state index in [2.05, 4.69) is 34.6 Å². The van der Waals surface area contributed by atoms with Gasteiger partial charge < -0.3 is 11.1 Å². The van der Waals surface area contributed by atoms with Crippen LogP contribution in [0.1, 0.15) is 40.2 Å². The van der Waals surface area contributed by atoms with Crippen LogP contribution in [0.25, 0.3) is 22.3 Å². The van der Waals surface area contributed by atoms with E-state index in [1.54, 1.807) is 6.20 Å². The lowest BCUT2D eigenvalue weighted by atomic mass is 9.88. The van der Waals surface area contributed by atoms with Gasteiger partial charge in [0.05, 0.1) is 6.54 Å². The number of carbonyl (C=O) groups is 1. The number of hydrogen-bond donors (Lipinski definition) is 2. The number of piperidine rings is 1. The minimum absolute atomic E-state index is 0.0348. The quantitative estimate of drug-likeness (QED) is 0.575. The lowest BCUT2D eigenvalue weighted by Crippen LogP contribution is -2.36. The number of aromatic nitrogens is 1. The van der Waals surface area contributed by atoms with Crippen molar-refractivity contribution in [3.8, 4) is 22.3 Å². The van der Waals surface area contributed by atoms with Crippen LogP contribution in [-0.4, -0.2) is 48.4 Å². The van der Waals surface area contributed by atoms with Crippen molar-refractivity contribution in [2.45, 2.75) is 31.6 Å². The van der Waals surface area contributed by atoms with Gasteiger partial charge in [-0.1, -0.05) is 36.4 Å². The van der Waals surface area contributed by atoms with Crippen LogP contribution in [0, 0.1) is 0 Å². The molecule has 0 atom stereocenters. The second-order valence-electron chi connectivity index (χ2n) is 9.12. The van der Waals surface area contributed by atoms with E-state index < -0.39 is 6.43 Å². The highest BCUT2D eigenvalue weighted by Gasteiger charge is 2.23. The topological polar surface area (TPSA) is 71.2 Å². The molecule has 0 unspecified atom stereocenters. The largest absolute Gasteiger partial charge is 0.383 e. The van der Waals surface area contributed by atoms with E-state index in [9.17, 15) is 13.6 Å². The van der Waals surface area contributed by atoms with Gasteiger partial charge in [0.1, 0.15) is 5.82 Å². The van der Waals surface area contributed by atoms with Gasteiger partial charge in [-0.15, -0.1) is 0 Å². The zero-order valence-corrected chi connectivity index (χ0v) is 18.9. The van der Waals surface area contributed by atoms with Crippen LogP contribution < -0.4 is 11.1 Å². The van der Waals surface area contributed by atoms with Crippen LogP contribution in [0.4, 0.5) is 14.6 Å². The molecule has 5 rings (SSSR count). The number of nitrogen functional groups attached to an aromatic ring is 1. The van der Waals surface area contributed by atoms with Crippen LogP contribution in [-0.2, 0) is 6.42 Å². The summed E-state index contributed by atoms with van der Waals surface area (Å²) in [6.07, 6.45) is 2.11. The maximum absolute atomic E-state index is 12.6. The molecule has 2 aliphatic heterocycles. The van der Waals surface area contributed by atoms with Gasteiger partial charge >= 0.3 is 0 Å². The molecular weight excluding hydrogens is 434 g/mol. The minimum Gasteiger partial charge on any atom is -0.383 e. The fourth-order valence-corrected chi connectivity index (χ4v) is 5.05. The van der Waals surface area contributed by atoms with E-state index in [0.29, 0.717) is 36.9 Å². The second-order valence-corrected chi connectivity index (χ2v) is 9.12. The Labute approximate surface area is 198 Å². The van der Waals surface area contributed by atoms with Gasteiger partial charge in [-0.2, -0.15) is 0 Å². The SMILES string of the molecule is Nc1ncc(-c2ccc(C3CCN(CC(F)F)CC3)cc2)cc1-c1ccc2c(c1)CCNC2=O. The highest BCUT2D eigenvalue weighted by atomic mass is 19.3. The number of pyridine rings is 1. The lowest BCUT2D eigenvalue weighted by Gasteiger charge is -2.31. The van der Waals surface area contributed by atoms with E-state index in [1.165, 1.54) is 5.56 Å². The molecule has 2 aromatic carbocycles. The fourth-order valence-electron chi connectivity index (χ4n) is 5.05. The van der Waals surface area contributed by atoms with Gasteiger partial charge in [-0.3, -0.25) is 9.69 Å². The van der Waals surface area contributed by atoms with Crippen molar-refractivity contribution in [2.24, 2.45) is 0 Å². The molecule has 7 heteroatoms. The molecule has 3 N–H and O–H groups in total. The zero-order chi connectivity index (χ0) is 23.7. The molecule has 3 heterocycles. The highest BCUT2D eigenvalue weighted by Crippen LogP contribution is 2.33. The Kier molecular flexibility index (Phi) is 6.28. The molecule has 3 aromatic rings. The third-order valence-electron chi connectivity index (χ3n) is 6.96. The fraction of sp³-hybridized carbons (Fsp3) is 0.333. The minimum atomic E-state index is -2.27. The summed E-state index contributed by atoms with van der Waals surface area (Å²) < 4.78 is 25.3. The Hall–Kier alpha value is -3.32. The first-order chi connectivity index (χ1) is 16.5. The molecule has 0 bridgehead atoms. The predicted molar refractivity (Wildman–Crippen MR) is 130 cm³/mol. The summed E-state index contributed by atoms with van der Waals surface area (Å²) >= 11 is 0. The van der Waals surface area contributed by atoms with Crippen molar-refractivity contribution in [1.29, 1.82) is 0 Å². The number of hydrogen-bond acceptors (Lipinski definition) is 4. The molecule has 2 aliphatic rings. The molecule has 0 saturated carbocycles. The number of alkyl halides is 2. The molecule has 5 nitrogen and oxygen atoms in total. The van der Waals surface area contributed by atoms with Crippen LogP contribution in [0.5, 0.6) is 0 Å². The molecule has 0 radical (unpaired) electrons. The summed E-state index contributed by atoms with van der Waals surface area (Å²) in [7, 11) is 0. The van der Waals surface area contributed by atoms with Crippen LogP contribution in [0.3, 0.4) is 0 Å². The van der Waals surface area contributed by atoms with Gasteiger partial charge in [0.2, 0.25) is 0 Å². The monoisotopic (exact) mass is 462 g/mol. The van der Waals surface area contributed by atoms with Gasteiger partial charge in [0.25, 0.3) is 12.3 Å². The Morgan fingerprint density at radius 1 is 1.00 bits per heavy atom. The van der Waals surface area contributed by atoms with Gasteiger partial charge in [-0.25, -0.2) is 13.8 Å². The number of amides is 1. The Morgan fingerprint density at radius 3 is 2.47 bits per heavy atom. The molecule has 34 heavy (non-hydrogen) atoms. The predicted octanol–water partition coefficient (Wildman–Crippen LogP) is 4.73. The van der Waals surface area contributed by atoms with E-state index in [0.717, 1.165) is 47.1 Å². The van der Waals surface area contributed by atoms with Crippen LogP contribution >= 0.6 is 0 Å². The van der Waals surface area contributed by atoms with Crippen molar-refractivity contribution in [3.63, 3.8) is 0 Å². The summed E-state index contributed by atoms with van der Waals surface area (Å²) in [6.45, 7) is 1.94. The maximum Gasteiger partial charge on any atom is 0.251 e. The number of likely N-dealkylation sites (tertiary alicyclic amines) is 1. The smallest absolute Gasteiger partial charge is 0.251 e. The molecule has 0 aliphatic carbocycles. The number of rotatable bonds is 5. The number of nitrogens with one attached hydrogen (secondary N) is 1. The van der Waals surface area contributed by atoms with Gasteiger partial charge in [0.15, 0.2) is 0 Å². The standard InChI is InChI=1S/C27H28F2N4O/c28-25(29)16-33-11-8-19(9-12-33)17-1-3-18(4-2-17)22-14-24(26(30)32-15-22)20-5-6-23-21(13-20)7-10-31-27(23)34/h1-6,13-15,19,25H,7-12,16H2,(H2,30,32)(H,31,34). The average molecular weight is 463 g/mol. The van der Waals surface area contributed by atoms with Crippen molar-refractivity contribution in [3.05, 3.63) is 71.4 Å². The zero-order valence-electron chi connectivity index (χ0n) is 18.9. The first-order valence-corrected chi connectivity index (χ1v) is 11.8. The molecule has 1 aromatic heterocycles. The number of anilines is 1. The van der Waals surface area contributed by atoms with E-state index in [1.807, 2.05) is 29.2 Å². The molecule has 1 fully saturated rings. The van der Waals surface area contributed by atoms with E-state index in [-0.39, 0.29) is 12.5 Å². The number of halogens is 2. The highest BCUT2D eigenvalue weighted by molar-refractivity contribution is 5.97. The second kappa shape index (κ2) is 9.50. The summed E-state index contributed by atoms with van der Waals surface area (Å²) in [5, 5.41) is 2.87. The molecule has 176 valence electrons. The van der Waals surface area contributed by atoms with E-state index in [4.69, 9.17) is 5.73 Å². The van der Waals surface area contributed by atoms with E-state index >= 15 is 0 Å². The number of fused-ring (bicyclic) bond motifs is 1. The Morgan fingerprint density at radius 2 is 1.74 bits per heavy atom. The maximum atomic E-state index is 12.6. The van der Waals surface area contributed by atoms with Crippen molar-refractivity contribution >= 4 is 11.7 Å². The summed E-state index contributed by atoms with van der Waals surface area (Å²) in [6, 6.07) is 16.3. The molecule has 1 saturated heterocycles. The first kappa shape index (κ1) is 22.5. The summed E-state index contributed by atoms with van der Waals surface area (Å²) in [5.41, 5.74) is 13.0. The molecule has 1 amide bonds. The normalized spacial score (nSPS) is 17.0. The summed E-state index contributed by atoms with van der Waals surface area (Å²) in [5.74, 6) is 0.819. The Balaban J connectivity index is 1.34. The third-order valence-corrected chi connectivity index (χ3v) is 6.96. The van der Waals surface area contributed by atoms with Crippen molar-refractivity contribution in [1.82, 2.24) is 15.2 Å². The van der Waals surface area contributed by atoms with Crippen molar-refractivity contribution < 1.29 is 13.6 Å². The van der Waals surface area contributed by atoms with Crippen molar-refractivity contribution in [2.75, 3.05) is 31.9 Å². The van der Waals surface area contributed by atoms with Crippen LogP contribution in [0.15, 0.2) is 54.7 Å². The Bertz CT molecular complexity index is 1190. The lowest BCUT2D eigenvalue weighted by molar-refractivity contribution is 0.0754. The van der Waals surface area contributed by atoms with Crippen LogP contribution in [0.2, 0.25) is 0 Å². The average Bonchev–Trinajstić information content (AvgIpc) is 2.85. The summed E-state index contributed by atoms with van der Waals surface area (Å²) in [4.78, 5) is 18.3.